The Bertz CT molecular complexity index is 541. The molecule has 2 unspecified atom stereocenters. The van der Waals surface area contributed by atoms with E-state index in [4.69, 9.17) is 4.98 Å². The third kappa shape index (κ3) is 2.56. The molecule has 2 atom stereocenters. The Balaban J connectivity index is 2.59. The first kappa shape index (κ1) is 13.5. The van der Waals surface area contributed by atoms with Crippen LogP contribution in [0.1, 0.15) is 38.1 Å². The van der Waals surface area contributed by atoms with Gasteiger partial charge in [-0.1, -0.05) is 48.8 Å². The number of aryl methyl sites for hydroxylation is 1. The Labute approximate surface area is 117 Å². The van der Waals surface area contributed by atoms with Crippen LogP contribution in [0, 0.1) is 12.8 Å². The summed E-state index contributed by atoms with van der Waals surface area (Å²) in [5, 5.41) is 0. The standard InChI is InChI=1S/C15H19BrN2/c1-9(2)14(10(3)16)15-11(4)17-12-7-5-6-8-13(12)18-15/h5-10,14H,1-4H3. The molecular weight excluding hydrogens is 288 g/mol. The van der Waals surface area contributed by atoms with Gasteiger partial charge in [0.05, 0.1) is 22.4 Å². The van der Waals surface area contributed by atoms with Crippen molar-refractivity contribution in [2.24, 2.45) is 5.92 Å². The Morgan fingerprint density at radius 1 is 1.00 bits per heavy atom. The Morgan fingerprint density at radius 2 is 1.56 bits per heavy atom. The maximum Gasteiger partial charge on any atom is 0.0890 e. The number of halogens is 1. The minimum absolute atomic E-state index is 0.391. The average Bonchev–Trinajstić information content (AvgIpc) is 2.29. The van der Waals surface area contributed by atoms with Crippen LogP contribution in [-0.4, -0.2) is 14.8 Å². The van der Waals surface area contributed by atoms with Gasteiger partial charge in [0, 0.05) is 10.7 Å². The van der Waals surface area contributed by atoms with E-state index >= 15 is 0 Å². The fourth-order valence-corrected chi connectivity index (χ4v) is 3.34. The molecule has 18 heavy (non-hydrogen) atoms. The lowest BCUT2D eigenvalue weighted by Crippen LogP contribution is -2.19. The highest BCUT2D eigenvalue weighted by Crippen LogP contribution is 2.32. The zero-order chi connectivity index (χ0) is 13.3. The zero-order valence-electron chi connectivity index (χ0n) is 11.3. The van der Waals surface area contributed by atoms with Crippen molar-refractivity contribution in [3.05, 3.63) is 35.7 Å². The summed E-state index contributed by atoms with van der Waals surface area (Å²) in [7, 11) is 0. The molecule has 0 aliphatic carbocycles. The maximum absolute atomic E-state index is 4.83. The molecule has 0 aliphatic rings. The molecular formula is C15H19BrN2. The highest BCUT2D eigenvalue weighted by molar-refractivity contribution is 9.09. The first-order valence-corrected chi connectivity index (χ1v) is 7.29. The van der Waals surface area contributed by atoms with Gasteiger partial charge in [0.25, 0.3) is 0 Å². The molecule has 0 N–H and O–H groups in total. The molecule has 2 rings (SSSR count). The largest absolute Gasteiger partial charge is 0.250 e. The summed E-state index contributed by atoms with van der Waals surface area (Å²) < 4.78 is 0. The summed E-state index contributed by atoms with van der Waals surface area (Å²) in [6, 6.07) is 8.06. The number of para-hydroxylation sites is 2. The number of hydrogen-bond donors (Lipinski definition) is 0. The van der Waals surface area contributed by atoms with Crippen LogP contribution in [0.15, 0.2) is 24.3 Å². The van der Waals surface area contributed by atoms with Gasteiger partial charge in [-0.25, -0.2) is 9.97 Å². The van der Waals surface area contributed by atoms with Gasteiger partial charge in [0.1, 0.15) is 0 Å². The predicted molar refractivity (Wildman–Crippen MR) is 80.2 cm³/mol. The van der Waals surface area contributed by atoms with Crippen LogP contribution in [0.5, 0.6) is 0 Å². The molecule has 1 heterocycles. The van der Waals surface area contributed by atoms with Crippen molar-refractivity contribution in [3.8, 4) is 0 Å². The lowest BCUT2D eigenvalue weighted by molar-refractivity contribution is 0.485. The minimum atomic E-state index is 0.391. The molecule has 0 amide bonds. The number of rotatable bonds is 3. The zero-order valence-corrected chi connectivity index (χ0v) is 12.9. The second-order valence-corrected chi connectivity index (χ2v) is 6.57. The topological polar surface area (TPSA) is 25.8 Å². The van der Waals surface area contributed by atoms with E-state index in [1.807, 2.05) is 24.3 Å². The van der Waals surface area contributed by atoms with Crippen LogP contribution in [0.25, 0.3) is 11.0 Å². The normalized spacial score (nSPS) is 15.0. The van der Waals surface area contributed by atoms with Gasteiger partial charge >= 0.3 is 0 Å². The Kier molecular flexibility index (Phi) is 4.00. The molecule has 0 radical (unpaired) electrons. The summed E-state index contributed by atoms with van der Waals surface area (Å²) >= 11 is 3.71. The Morgan fingerprint density at radius 3 is 2.06 bits per heavy atom. The molecule has 2 nitrogen and oxygen atoms in total. The molecule has 1 aromatic heterocycles. The fourth-order valence-electron chi connectivity index (χ4n) is 2.48. The summed E-state index contributed by atoms with van der Waals surface area (Å²) in [4.78, 5) is 9.90. The van der Waals surface area contributed by atoms with Crippen LogP contribution in [-0.2, 0) is 0 Å². The smallest absolute Gasteiger partial charge is 0.0890 e. The second-order valence-electron chi connectivity index (χ2n) is 5.13. The van der Waals surface area contributed by atoms with Gasteiger partial charge in [0.15, 0.2) is 0 Å². The van der Waals surface area contributed by atoms with Crippen LogP contribution in [0.2, 0.25) is 0 Å². The SMILES string of the molecule is Cc1nc2ccccc2nc1C(C(C)C)C(C)Br. The second kappa shape index (κ2) is 5.35. The third-order valence-electron chi connectivity index (χ3n) is 3.31. The lowest BCUT2D eigenvalue weighted by atomic mass is 9.88. The highest BCUT2D eigenvalue weighted by atomic mass is 79.9. The van der Waals surface area contributed by atoms with Crippen molar-refractivity contribution in [2.75, 3.05) is 0 Å². The van der Waals surface area contributed by atoms with Gasteiger partial charge in [-0.2, -0.15) is 0 Å². The fraction of sp³-hybridized carbons (Fsp3) is 0.467. The summed E-state index contributed by atoms with van der Waals surface area (Å²) in [5.41, 5.74) is 4.12. The van der Waals surface area contributed by atoms with Crippen molar-refractivity contribution < 1.29 is 0 Å². The molecule has 0 saturated carbocycles. The van der Waals surface area contributed by atoms with E-state index < -0.39 is 0 Å². The number of alkyl halides is 1. The lowest BCUT2D eigenvalue weighted by Gasteiger charge is -2.24. The van der Waals surface area contributed by atoms with Crippen LogP contribution < -0.4 is 0 Å². The van der Waals surface area contributed by atoms with E-state index in [1.54, 1.807) is 0 Å². The van der Waals surface area contributed by atoms with E-state index in [1.165, 1.54) is 0 Å². The summed E-state index contributed by atoms with van der Waals surface area (Å²) in [6.07, 6.45) is 0. The summed E-state index contributed by atoms with van der Waals surface area (Å²) in [5.74, 6) is 0.927. The van der Waals surface area contributed by atoms with E-state index in [-0.39, 0.29) is 0 Å². The first-order chi connectivity index (χ1) is 8.50. The number of nitrogens with zero attached hydrogens (tertiary/aromatic N) is 2. The third-order valence-corrected chi connectivity index (χ3v) is 3.88. The molecule has 3 heteroatoms. The first-order valence-electron chi connectivity index (χ1n) is 6.38. The molecule has 0 bridgehead atoms. The number of aromatic nitrogens is 2. The summed E-state index contributed by atoms with van der Waals surface area (Å²) in [6.45, 7) is 8.71. The molecule has 0 saturated heterocycles. The van der Waals surface area contributed by atoms with Crippen molar-refractivity contribution in [2.45, 2.75) is 38.4 Å². The Hall–Kier alpha value is -0.960. The minimum Gasteiger partial charge on any atom is -0.250 e. The quantitative estimate of drug-likeness (QED) is 0.782. The molecule has 2 aromatic rings. The highest BCUT2D eigenvalue weighted by Gasteiger charge is 2.24. The molecule has 0 aliphatic heterocycles. The molecule has 0 fully saturated rings. The van der Waals surface area contributed by atoms with E-state index in [0.717, 1.165) is 22.4 Å². The monoisotopic (exact) mass is 306 g/mol. The average molecular weight is 307 g/mol. The van der Waals surface area contributed by atoms with Gasteiger partial charge in [0.2, 0.25) is 0 Å². The van der Waals surface area contributed by atoms with Crippen LogP contribution in [0.3, 0.4) is 0 Å². The number of fused-ring (bicyclic) bond motifs is 1. The van der Waals surface area contributed by atoms with Crippen LogP contribution >= 0.6 is 15.9 Å². The van der Waals surface area contributed by atoms with Crippen molar-refractivity contribution in [1.82, 2.24) is 9.97 Å². The molecule has 1 aromatic carbocycles. The van der Waals surface area contributed by atoms with Gasteiger partial charge in [-0.3, -0.25) is 0 Å². The van der Waals surface area contributed by atoms with Gasteiger partial charge in [-0.15, -0.1) is 0 Å². The number of hydrogen-bond acceptors (Lipinski definition) is 2. The predicted octanol–water partition coefficient (Wildman–Crippen LogP) is 4.46. The van der Waals surface area contributed by atoms with E-state index in [9.17, 15) is 0 Å². The van der Waals surface area contributed by atoms with Gasteiger partial charge in [-0.05, 0) is 25.0 Å². The molecule has 96 valence electrons. The molecule has 0 spiro atoms. The van der Waals surface area contributed by atoms with Crippen molar-refractivity contribution in [1.29, 1.82) is 0 Å². The van der Waals surface area contributed by atoms with Crippen molar-refractivity contribution in [3.63, 3.8) is 0 Å². The number of benzene rings is 1. The maximum atomic E-state index is 4.83. The van der Waals surface area contributed by atoms with Crippen LogP contribution in [0.4, 0.5) is 0 Å². The van der Waals surface area contributed by atoms with Crippen molar-refractivity contribution >= 4 is 27.0 Å². The van der Waals surface area contributed by atoms with E-state index in [2.05, 4.69) is 48.6 Å². The van der Waals surface area contributed by atoms with Gasteiger partial charge < -0.3 is 0 Å². The van der Waals surface area contributed by atoms with E-state index in [0.29, 0.717) is 16.7 Å².